The van der Waals surface area contributed by atoms with Crippen molar-refractivity contribution < 1.29 is 28.7 Å². The van der Waals surface area contributed by atoms with Gasteiger partial charge in [0.15, 0.2) is 0 Å². The highest BCUT2D eigenvalue weighted by Gasteiger charge is 2.57. The third-order valence-electron chi connectivity index (χ3n) is 7.24. The summed E-state index contributed by atoms with van der Waals surface area (Å²) in [5.41, 5.74) is 9.27. The molecule has 0 saturated heterocycles. The van der Waals surface area contributed by atoms with Crippen LogP contribution >= 0.6 is 0 Å². The topological polar surface area (TPSA) is 162 Å². The van der Waals surface area contributed by atoms with Gasteiger partial charge in [0.2, 0.25) is 23.6 Å². The zero-order valence-electron chi connectivity index (χ0n) is 20.6. The number of nitrogens with two attached hydrogens (primary N) is 2. The highest BCUT2D eigenvalue weighted by atomic mass is 16.6. The summed E-state index contributed by atoms with van der Waals surface area (Å²) < 4.78 is 5.42. The second-order valence-electron chi connectivity index (χ2n) is 11.5. The van der Waals surface area contributed by atoms with Gasteiger partial charge in [-0.2, -0.15) is 4.90 Å². The number of hydrogen-bond donors (Lipinski definition) is 3. The van der Waals surface area contributed by atoms with E-state index in [1.807, 2.05) is 0 Å². The molecule has 4 bridgehead atoms. The zero-order valence-corrected chi connectivity index (χ0v) is 20.6. The molecule has 0 radical (unpaired) electrons. The number of ether oxygens (including phenoxy) is 1. The number of amides is 5. The van der Waals surface area contributed by atoms with Gasteiger partial charge in [0, 0.05) is 6.42 Å². The van der Waals surface area contributed by atoms with E-state index in [0.29, 0.717) is 41.9 Å². The maximum atomic E-state index is 13.8. The Morgan fingerprint density at radius 3 is 1.94 bits per heavy atom. The Morgan fingerprint density at radius 2 is 1.53 bits per heavy atom. The lowest BCUT2D eigenvalue weighted by Crippen LogP contribution is -2.57. The molecule has 0 aromatic heterocycles. The summed E-state index contributed by atoms with van der Waals surface area (Å²) in [6, 6.07) is -2.02. The molecule has 5 N–H and O–H groups in total. The molecule has 2 atom stereocenters. The van der Waals surface area contributed by atoms with Gasteiger partial charge in [-0.05, 0) is 90.4 Å². The third-order valence-corrected chi connectivity index (χ3v) is 7.24. The van der Waals surface area contributed by atoms with E-state index in [9.17, 15) is 24.0 Å². The summed E-state index contributed by atoms with van der Waals surface area (Å²) in [5, 5.41) is 2.41. The first-order valence-corrected chi connectivity index (χ1v) is 12.2. The molecule has 34 heavy (non-hydrogen) atoms. The fourth-order valence-corrected chi connectivity index (χ4v) is 6.18. The van der Waals surface area contributed by atoms with Gasteiger partial charge in [0.05, 0.1) is 11.5 Å². The number of imide groups is 3. The summed E-state index contributed by atoms with van der Waals surface area (Å²) in [7, 11) is 0. The summed E-state index contributed by atoms with van der Waals surface area (Å²) in [4.78, 5) is 64.5. The number of primary amides is 1. The Morgan fingerprint density at radius 1 is 1.03 bits per heavy atom. The second-order valence-corrected chi connectivity index (χ2v) is 11.5. The lowest BCUT2D eigenvalue weighted by Gasteiger charge is -2.56. The van der Waals surface area contributed by atoms with E-state index in [1.165, 1.54) is 6.92 Å². The Balaban J connectivity index is 1.79. The van der Waals surface area contributed by atoms with Crippen LogP contribution in [0.3, 0.4) is 0 Å². The molecule has 4 aliphatic carbocycles. The van der Waals surface area contributed by atoms with Crippen LogP contribution in [0.5, 0.6) is 0 Å². The number of carbonyl (C=O) groups is 5. The van der Waals surface area contributed by atoms with Crippen molar-refractivity contribution in [2.75, 3.05) is 0 Å². The summed E-state index contributed by atoms with van der Waals surface area (Å²) in [6.07, 6.45) is 3.83. The van der Waals surface area contributed by atoms with Gasteiger partial charge in [-0.25, -0.2) is 4.79 Å². The standard InChI is InChI=1S/C24H38N4O6/c1-13(25)20(31)27-17(19(26)30)5-6-18(29)28(22(33)34-23(2,3)4)21(32)24-10-14-7-15(11-24)9-16(8-14)12-24/h13-17H,5-12,25H2,1-4H3,(H2,26,30)(H,27,31)/t13-,14?,15?,16?,17+,24?/m0/s1. The minimum absolute atomic E-state index is 0.167. The number of nitrogens with zero attached hydrogens (tertiary/aromatic N) is 1. The second kappa shape index (κ2) is 9.64. The van der Waals surface area contributed by atoms with Crippen molar-refractivity contribution in [3.63, 3.8) is 0 Å². The van der Waals surface area contributed by atoms with Gasteiger partial charge in [-0.3, -0.25) is 19.2 Å². The average molecular weight is 479 g/mol. The number of rotatable bonds is 7. The van der Waals surface area contributed by atoms with E-state index < -0.39 is 52.8 Å². The molecule has 0 aliphatic heterocycles. The van der Waals surface area contributed by atoms with Crippen LogP contribution in [-0.2, 0) is 23.9 Å². The van der Waals surface area contributed by atoms with Gasteiger partial charge < -0.3 is 21.5 Å². The van der Waals surface area contributed by atoms with E-state index in [-0.39, 0.29) is 12.8 Å². The SMILES string of the molecule is C[C@H](N)C(=O)N[C@H](CCC(=O)N(C(=O)OC(C)(C)C)C(=O)C12CC3CC(CC(C3)C1)C2)C(N)=O. The summed E-state index contributed by atoms with van der Waals surface area (Å²) >= 11 is 0. The number of nitrogens with one attached hydrogen (secondary N) is 1. The number of carbonyl (C=O) groups excluding carboxylic acids is 5. The minimum Gasteiger partial charge on any atom is -0.443 e. The molecule has 4 rings (SSSR count). The van der Waals surface area contributed by atoms with Gasteiger partial charge in [-0.1, -0.05) is 0 Å². The molecule has 0 unspecified atom stereocenters. The molecular formula is C24H38N4O6. The van der Waals surface area contributed by atoms with Crippen LogP contribution in [0.4, 0.5) is 4.79 Å². The largest absolute Gasteiger partial charge is 0.443 e. The molecule has 4 fully saturated rings. The molecule has 0 aromatic rings. The van der Waals surface area contributed by atoms with Crippen LogP contribution in [0, 0.1) is 23.2 Å². The molecule has 10 heteroatoms. The minimum atomic E-state index is -1.16. The van der Waals surface area contributed by atoms with E-state index in [0.717, 1.165) is 19.3 Å². The molecule has 5 amide bonds. The van der Waals surface area contributed by atoms with E-state index in [2.05, 4.69) is 5.32 Å². The molecule has 10 nitrogen and oxygen atoms in total. The van der Waals surface area contributed by atoms with Gasteiger partial charge in [0.25, 0.3) is 0 Å². The summed E-state index contributed by atoms with van der Waals surface area (Å²) in [5.74, 6) is -1.37. The first-order chi connectivity index (χ1) is 15.7. The van der Waals surface area contributed by atoms with Gasteiger partial charge in [0.1, 0.15) is 11.6 Å². The van der Waals surface area contributed by atoms with Crippen LogP contribution < -0.4 is 16.8 Å². The van der Waals surface area contributed by atoms with Crippen molar-refractivity contribution in [1.82, 2.24) is 10.2 Å². The third kappa shape index (κ3) is 5.76. The van der Waals surface area contributed by atoms with Gasteiger partial charge in [-0.15, -0.1) is 0 Å². The highest BCUT2D eigenvalue weighted by molar-refractivity contribution is 6.10. The predicted octanol–water partition coefficient (Wildman–Crippen LogP) is 1.59. The smallest absolute Gasteiger partial charge is 0.424 e. The molecule has 4 saturated carbocycles. The zero-order chi connectivity index (χ0) is 25.4. The Kier molecular flexibility index (Phi) is 7.40. The van der Waals surface area contributed by atoms with Crippen LogP contribution in [0.1, 0.15) is 79.1 Å². The van der Waals surface area contributed by atoms with Crippen molar-refractivity contribution in [3.05, 3.63) is 0 Å². The van der Waals surface area contributed by atoms with Crippen molar-refractivity contribution >= 4 is 29.7 Å². The molecule has 190 valence electrons. The normalized spacial score (nSPS) is 29.1. The average Bonchev–Trinajstić information content (AvgIpc) is 2.68. The van der Waals surface area contributed by atoms with Crippen LogP contribution in [0.25, 0.3) is 0 Å². The predicted molar refractivity (Wildman–Crippen MR) is 123 cm³/mol. The molecule has 0 heterocycles. The van der Waals surface area contributed by atoms with Crippen LogP contribution in [0.2, 0.25) is 0 Å². The van der Waals surface area contributed by atoms with E-state index in [4.69, 9.17) is 16.2 Å². The number of hydrogen-bond acceptors (Lipinski definition) is 7. The maximum Gasteiger partial charge on any atom is 0.424 e. The van der Waals surface area contributed by atoms with Crippen molar-refractivity contribution in [2.45, 2.75) is 96.7 Å². The van der Waals surface area contributed by atoms with Crippen LogP contribution in [-0.4, -0.2) is 52.3 Å². The highest BCUT2D eigenvalue weighted by Crippen LogP contribution is 2.60. The lowest BCUT2D eigenvalue weighted by atomic mass is 9.49. The van der Waals surface area contributed by atoms with Crippen molar-refractivity contribution in [1.29, 1.82) is 0 Å². The van der Waals surface area contributed by atoms with Gasteiger partial charge >= 0.3 is 6.09 Å². The molecule has 0 spiro atoms. The van der Waals surface area contributed by atoms with Crippen molar-refractivity contribution in [2.24, 2.45) is 34.6 Å². The maximum absolute atomic E-state index is 13.8. The molecular weight excluding hydrogens is 440 g/mol. The Bertz CT molecular complexity index is 827. The first kappa shape index (κ1) is 26.1. The quantitative estimate of drug-likeness (QED) is 0.500. The Labute approximate surface area is 200 Å². The van der Waals surface area contributed by atoms with Crippen molar-refractivity contribution in [3.8, 4) is 0 Å². The monoisotopic (exact) mass is 478 g/mol. The van der Waals surface area contributed by atoms with Crippen LogP contribution in [0.15, 0.2) is 0 Å². The molecule has 4 aliphatic rings. The molecule has 0 aromatic carbocycles. The fourth-order valence-electron chi connectivity index (χ4n) is 6.18. The van der Waals surface area contributed by atoms with E-state index >= 15 is 0 Å². The lowest BCUT2D eigenvalue weighted by molar-refractivity contribution is -0.162. The first-order valence-electron chi connectivity index (χ1n) is 12.2. The summed E-state index contributed by atoms with van der Waals surface area (Å²) in [6.45, 7) is 6.44. The van der Waals surface area contributed by atoms with E-state index in [1.54, 1.807) is 20.8 Å². The fraction of sp³-hybridized carbons (Fsp3) is 0.792. The Hall–Kier alpha value is -2.49.